The van der Waals surface area contributed by atoms with Gasteiger partial charge in [0.2, 0.25) is 0 Å². The highest BCUT2D eigenvalue weighted by atomic mass is 19.4. The fourth-order valence-corrected chi connectivity index (χ4v) is 4.07. The lowest BCUT2D eigenvalue weighted by Crippen LogP contribution is -2.23. The van der Waals surface area contributed by atoms with E-state index < -0.39 is 12.7 Å². The molecule has 7 nitrogen and oxygen atoms in total. The minimum absolute atomic E-state index is 0.0229. The number of fused-ring (bicyclic) bond motifs is 1. The molecule has 0 amide bonds. The van der Waals surface area contributed by atoms with Gasteiger partial charge in [0.25, 0.3) is 5.56 Å². The number of benzene rings is 1. The fraction of sp³-hybridized carbons (Fsp3) is 0.231. The number of rotatable bonds is 6. The summed E-state index contributed by atoms with van der Waals surface area (Å²) in [5.41, 5.74) is 9.43. The average molecular weight is 493 g/mol. The van der Waals surface area contributed by atoms with Crippen molar-refractivity contribution in [1.29, 1.82) is 0 Å². The first-order valence-corrected chi connectivity index (χ1v) is 11.4. The molecule has 3 aromatic heterocycles. The number of hydrogen-bond acceptors (Lipinski definition) is 6. The van der Waals surface area contributed by atoms with Gasteiger partial charge in [0, 0.05) is 65.2 Å². The van der Waals surface area contributed by atoms with E-state index in [2.05, 4.69) is 20.3 Å². The summed E-state index contributed by atoms with van der Waals surface area (Å²) >= 11 is 0. The molecular formula is C26H23F3N6O. The molecule has 0 radical (unpaired) electrons. The Morgan fingerprint density at radius 3 is 2.67 bits per heavy atom. The van der Waals surface area contributed by atoms with Gasteiger partial charge in [-0.3, -0.25) is 19.3 Å². The van der Waals surface area contributed by atoms with Gasteiger partial charge in [0.05, 0.1) is 11.1 Å². The van der Waals surface area contributed by atoms with Crippen molar-refractivity contribution in [3.05, 3.63) is 76.5 Å². The number of alkyl halides is 3. The first kappa shape index (κ1) is 23.5. The summed E-state index contributed by atoms with van der Waals surface area (Å²) < 4.78 is 39.7. The van der Waals surface area contributed by atoms with Crippen LogP contribution in [0.4, 0.5) is 24.7 Å². The predicted molar refractivity (Wildman–Crippen MR) is 135 cm³/mol. The maximum Gasteiger partial charge on any atom is 0.405 e. The van der Waals surface area contributed by atoms with Gasteiger partial charge in [-0.2, -0.15) is 13.2 Å². The summed E-state index contributed by atoms with van der Waals surface area (Å²) in [7, 11) is 1.63. The van der Waals surface area contributed by atoms with Gasteiger partial charge in [0.15, 0.2) is 0 Å². The number of nitrogen functional groups attached to an aromatic ring is 1. The van der Waals surface area contributed by atoms with E-state index in [9.17, 15) is 18.0 Å². The molecule has 1 fully saturated rings. The van der Waals surface area contributed by atoms with E-state index in [4.69, 9.17) is 5.73 Å². The fourth-order valence-electron chi connectivity index (χ4n) is 4.07. The molecule has 1 aromatic carbocycles. The Balaban J connectivity index is 1.70. The maximum atomic E-state index is 13.8. The number of nitrogens with one attached hydrogen (secondary N) is 1. The second kappa shape index (κ2) is 9.10. The zero-order valence-corrected chi connectivity index (χ0v) is 19.4. The second-order valence-electron chi connectivity index (χ2n) is 8.73. The lowest BCUT2D eigenvalue weighted by atomic mass is 10.0. The maximum absolute atomic E-state index is 13.8. The molecule has 0 aliphatic heterocycles. The molecule has 4 aromatic rings. The van der Waals surface area contributed by atoms with E-state index in [0.717, 1.165) is 18.5 Å². The topological polar surface area (TPSA) is 98.2 Å². The van der Waals surface area contributed by atoms with Crippen molar-refractivity contribution in [2.45, 2.75) is 24.9 Å². The molecule has 3 heterocycles. The number of halogens is 3. The average Bonchev–Trinajstić information content (AvgIpc) is 3.69. The van der Waals surface area contributed by atoms with Crippen molar-refractivity contribution in [2.75, 3.05) is 24.6 Å². The summed E-state index contributed by atoms with van der Waals surface area (Å²) in [4.78, 5) is 26.8. The molecule has 10 heteroatoms. The van der Waals surface area contributed by atoms with Crippen LogP contribution in [-0.2, 0) is 0 Å². The summed E-state index contributed by atoms with van der Waals surface area (Å²) in [6, 6.07) is 12.0. The minimum Gasteiger partial charge on any atom is -0.398 e. The van der Waals surface area contributed by atoms with Crippen LogP contribution in [0.5, 0.6) is 0 Å². The third-order valence-corrected chi connectivity index (χ3v) is 6.02. The predicted octanol–water partition coefficient (Wildman–Crippen LogP) is 4.93. The van der Waals surface area contributed by atoms with Gasteiger partial charge in [-0.1, -0.05) is 6.07 Å². The number of nitrogens with zero attached hydrogens (tertiary/aromatic N) is 4. The number of aliphatic imine (C=N–C) groups is 1. The lowest BCUT2D eigenvalue weighted by Gasteiger charge is -2.15. The lowest BCUT2D eigenvalue weighted by molar-refractivity contribution is -0.115. The van der Waals surface area contributed by atoms with Crippen molar-refractivity contribution in [1.82, 2.24) is 14.5 Å². The SMILES string of the molecule is CN=Cc1cc(-n2cc3ccc(NCC(F)(F)F)nc3c(-c3ccc(C4CC4)nc3)c2=O)ccc1N. The highest BCUT2D eigenvalue weighted by Crippen LogP contribution is 2.39. The van der Waals surface area contributed by atoms with Crippen molar-refractivity contribution >= 4 is 28.6 Å². The number of hydrogen-bond donors (Lipinski definition) is 2. The van der Waals surface area contributed by atoms with Crippen LogP contribution in [0.1, 0.15) is 30.0 Å². The molecule has 0 saturated heterocycles. The van der Waals surface area contributed by atoms with Gasteiger partial charge in [-0.05, 0) is 49.2 Å². The quantitative estimate of drug-likeness (QED) is 0.294. The Kier molecular flexibility index (Phi) is 5.95. The van der Waals surface area contributed by atoms with Gasteiger partial charge in [-0.15, -0.1) is 0 Å². The van der Waals surface area contributed by atoms with Crippen LogP contribution in [0.3, 0.4) is 0 Å². The standard InChI is InChI=1S/C26H23F3N6O/c1-31-11-18-10-19(6-7-20(18)30)35-13-17-5-9-22(33-14-26(27,28)29)34-24(17)23(25(35)36)16-4-8-21(32-12-16)15-2-3-15/h4-13,15H,2-3,14,30H2,1H3,(H,33,34). The van der Waals surface area contributed by atoms with Gasteiger partial charge >= 0.3 is 6.18 Å². The molecule has 36 heavy (non-hydrogen) atoms. The monoisotopic (exact) mass is 492 g/mol. The highest BCUT2D eigenvalue weighted by molar-refractivity contribution is 5.94. The molecule has 0 spiro atoms. The number of aromatic nitrogens is 3. The molecule has 0 atom stereocenters. The Morgan fingerprint density at radius 2 is 2.00 bits per heavy atom. The Bertz CT molecular complexity index is 1520. The molecule has 3 N–H and O–H groups in total. The van der Waals surface area contributed by atoms with E-state index in [1.54, 1.807) is 49.9 Å². The first-order valence-electron chi connectivity index (χ1n) is 11.4. The van der Waals surface area contributed by atoms with Crippen LogP contribution in [0.2, 0.25) is 0 Å². The molecule has 0 unspecified atom stereocenters. The van der Waals surface area contributed by atoms with Crippen LogP contribution in [-0.4, -0.2) is 40.5 Å². The van der Waals surface area contributed by atoms with E-state index in [1.807, 2.05) is 12.1 Å². The molecule has 1 aliphatic rings. The number of pyridine rings is 3. The zero-order valence-electron chi connectivity index (χ0n) is 19.4. The Morgan fingerprint density at radius 1 is 1.19 bits per heavy atom. The molecule has 1 aliphatic carbocycles. The molecule has 1 saturated carbocycles. The van der Waals surface area contributed by atoms with E-state index >= 15 is 0 Å². The van der Waals surface area contributed by atoms with Crippen LogP contribution < -0.4 is 16.6 Å². The van der Waals surface area contributed by atoms with Gasteiger partial charge in [0.1, 0.15) is 12.4 Å². The Labute approximate surface area is 204 Å². The molecule has 5 rings (SSSR count). The van der Waals surface area contributed by atoms with Crippen molar-refractivity contribution in [3.8, 4) is 16.8 Å². The highest BCUT2D eigenvalue weighted by Gasteiger charge is 2.27. The normalized spacial score (nSPS) is 14.0. The van der Waals surface area contributed by atoms with Crippen LogP contribution in [0.15, 0.2) is 64.6 Å². The Hall–Kier alpha value is -4.21. The van der Waals surface area contributed by atoms with Crippen molar-refractivity contribution in [2.24, 2.45) is 4.99 Å². The van der Waals surface area contributed by atoms with Crippen LogP contribution in [0, 0.1) is 0 Å². The minimum atomic E-state index is -4.40. The largest absolute Gasteiger partial charge is 0.405 e. The summed E-state index contributed by atoms with van der Waals surface area (Å²) in [6.45, 7) is -1.23. The molecule has 0 bridgehead atoms. The van der Waals surface area contributed by atoms with Gasteiger partial charge < -0.3 is 11.1 Å². The van der Waals surface area contributed by atoms with Gasteiger partial charge in [-0.25, -0.2) is 4.98 Å². The van der Waals surface area contributed by atoms with Crippen LogP contribution >= 0.6 is 0 Å². The molecule has 184 valence electrons. The van der Waals surface area contributed by atoms with Crippen molar-refractivity contribution < 1.29 is 13.2 Å². The smallest absolute Gasteiger partial charge is 0.398 e. The summed E-state index contributed by atoms with van der Waals surface area (Å²) in [5, 5.41) is 2.87. The zero-order chi connectivity index (χ0) is 25.4. The van der Waals surface area contributed by atoms with Crippen LogP contribution in [0.25, 0.3) is 27.7 Å². The number of anilines is 2. The van der Waals surface area contributed by atoms with E-state index in [-0.39, 0.29) is 22.5 Å². The summed E-state index contributed by atoms with van der Waals surface area (Å²) in [5.74, 6) is 0.461. The second-order valence-corrected chi connectivity index (χ2v) is 8.73. The van der Waals surface area contributed by atoms with E-state index in [1.165, 1.54) is 10.6 Å². The van der Waals surface area contributed by atoms with Crippen molar-refractivity contribution in [3.63, 3.8) is 0 Å². The molecular weight excluding hydrogens is 469 g/mol. The number of nitrogens with two attached hydrogens (primary N) is 1. The first-order chi connectivity index (χ1) is 17.2. The summed E-state index contributed by atoms with van der Waals surface area (Å²) in [6.07, 6.45) is 2.62. The third kappa shape index (κ3) is 4.79. The van der Waals surface area contributed by atoms with E-state index in [0.29, 0.717) is 33.8 Å². The third-order valence-electron chi connectivity index (χ3n) is 6.02.